The number of nitrogens with two attached hydrogens (primary N) is 1. The Morgan fingerprint density at radius 1 is 1.22 bits per heavy atom. The van der Waals surface area contributed by atoms with E-state index in [1.807, 2.05) is 29.2 Å². The van der Waals surface area contributed by atoms with Crippen molar-refractivity contribution in [2.45, 2.75) is 26.8 Å². The fourth-order valence-electron chi connectivity index (χ4n) is 2.54. The highest BCUT2D eigenvalue weighted by Crippen LogP contribution is 2.23. The molecule has 1 aromatic carbocycles. The number of nitrogens with zero attached hydrogens (tertiary/aromatic N) is 1. The monoisotopic (exact) mass is 246 g/mol. The van der Waals surface area contributed by atoms with E-state index >= 15 is 0 Å². The second kappa shape index (κ2) is 5.53. The smallest absolute Gasteiger partial charge is 0.227 e. The number of benzene rings is 1. The molecule has 0 saturated carbocycles. The van der Waals surface area contributed by atoms with Gasteiger partial charge in [0.15, 0.2) is 0 Å². The zero-order valence-corrected chi connectivity index (χ0v) is 11.2. The van der Waals surface area contributed by atoms with E-state index in [4.69, 9.17) is 5.73 Å². The van der Waals surface area contributed by atoms with Gasteiger partial charge in [-0.1, -0.05) is 38.1 Å². The van der Waals surface area contributed by atoms with E-state index in [0.29, 0.717) is 24.8 Å². The van der Waals surface area contributed by atoms with Gasteiger partial charge in [0.2, 0.25) is 5.91 Å². The van der Waals surface area contributed by atoms with Gasteiger partial charge in [0.25, 0.3) is 0 Å². The second-order valence-electron chi connectivity index (χ2n) is 5.40. The van der Waals surface area contributed by atoms with Crippen LogP contribution in [-0.2, 0) is 17.8 Å². The summed E-state index contributed by atoms with van der Waals surface area (Å²) in [4.78, 5) is 14.2. The molecule has 0 bridgehead atoms. The first-order chi connectivity index (χ1) is 8.61. The van der Waals surface area contributed by atoms with Gasteiger partial charge >= 0.3 is 0 Å². The van der Waals surface area contributed by atoms with Gasteiger partial charge in [0, 0.05) is 19.6 Å². The third-order valence-electron chi connectivity index (χ3n) is 4.02. The lowest BCUT2D eigenvalue weighted by Crippen LogP contribution is -2.30. The molecule has 18 heavy (non-hydrogen) atoms. The number of likely N-dealkylation sites (tertiary alicyclic amines) is 1. The maximum Gasteiger partial charge on any atom is 0.227 e. The Kier molecular flexibility index (Phi) is 4.02. The minimum absolute atomic E-state index is 0.229. The number of carbonyl (C=O) groups excluding carboxylic acids is 1. The molecular formula is C15H22N2O. The molecule has 98 valence electrons. The van der Waals surface area contributed by atoms with Crippen molar-refractivity contribution in [3.05, 3.63) is 35.4 Å². The third-order valence-corrected chi connectivity index (χ3v) is 4.02. The van der Waals surface area contributed by atoms with Crippen molar-refractivity contribution in [3.63, 3.8) is 0 Å². The van der Waals surface area contributed by atoms with E-state index in [1.54, 1.807) is 0 Å². The fraction of sp³-hybridized carbons (Fsp3) is 0.533. The Morgan fingerprint density at radius 2 is 1.78 bits per heavy atom. The average molecular weight is 246 g/mol. The molecule has 0 aliphatic carbocycles. The molecule has 0 aromatic heterocycles. The molecule has 0 radical (unpaired) electrons. The molecule has 3 nitrogen and oxygen atoms in total. The Balaban J connectivity index is 2.03. The number of carbonyl (C=O) groups is 1. The second-order valence-corrected chi connectivity index (χ2v) is 5.40. The van der Waals surface area contributed by atoms with Crippen molar-refractivity contribution in [1.29, 1.82) is 0 Å². The van der Waals surface area contributed by atoms with Crippen molar-refractivity contribution in [2.75, 3.05) is 13.1 Å². The maximum atomic E-state index is 12.3. The summed E-state index contributed by atoms with van der Waals surface area (Å²) in [5.41, 5.74) is 7.84. The lowest BCUT2D eigenvalue weighted by atomic mass is 10.0. The Labute approximate surface area is 109 Å². The van der Waals surface area contributed by atoms with Gasteiger partial charge in [-0.3, -0.25) is 4.79 Å². The minimum atomic E-state index is 0.229. The average Bonchev–Trinajstić information content (AvgIpc) is 2.70. The van der Waals surface area contributed by atoms with Crippen molar-refractivity contribution in [2.24, 2.45) is 17.6 Å². The van der Waals surface area contributed by atoms with Crippen molar-refractivity contribution >= 4 is 5.91 Å². The number of hydrogen-bond acceptors (Lipinski definition) is 2. The zero-order valence-electron chi connectivity index (χ0n) is 11.2. The van der Waals surface area contributed by atoms with E-state index in [2.05, 4.69) is 13.8 Å². The van der Waals surface area contributed by atoms with E-state index in [-0.39, 0.29) is 5.91 Å². The van der Waals surface area contributed by atoms with Crippen LogP contribution >= 0.6 is 0 Å². The molecule has 1 aliphatic rings. The highest BCUT2D eigenvalue weighted by Gasteiger charge is 2.29. The Bertz CT molecular complexity index is 420. The summed E-state index contributed by atoms with van der Waals surface area (Å²) in [6.07, 6.45) is 0.479. The largest absolute Gasteiger partial charge is 0.342 e. The topological polar surface area (TPSA) is 46.3 Å². The van der Waals surface area contributed by atoms with Gasteiger partial charge in [0.05, 0.1) is 6.42 Å². The van der Waals surface area contributed by atoms with Crippen molar-refractivity contribution < 1.29 is 4.79 Å². The van der Waals surface area contributed by atoms with Gasteiger partial charge in [0.1, 0.15) is 0 Å². The summed E-state index contributed by atoms with van der Waals surface area (Å²) in [6.45, 7) is 6.71. The van der Waals surface area contributed by atoms with Crippen molar-refractivity contribution in [3.8, 4) is 0 Å². The molecule has 1 amide bonds. The van der Waals surface area contributed by atoms with E-state index in [1.165, 1.54) is 0 Å². The predicted octanol–water partition coefficient (Wildman–Crippen LogP) is 1.80. The molecule has 2 rings (SSSR count). The van der Waals surface area contributed by atoms with E-state index in [9.17, 15) is 4.79 Å². The van der Waals surface area contributed by atoms with Gasteiger partial charge in [-0.25, -0.2) is 0 Å². The van der Waals surface area contributed by atoms with Crippen molar-refractivity contribution in [1.82, 2.24) is 4.90 Å². The van der Waals surface area contributed by atoms with Gasteiger partial charge in [-0.2, -0.15) is 0 Å². The lowest BCUT2D eigenvalue weighted by Gasteiger charge is -2.17. The molecular weight excluding hydrogens is 224 g/mol. The normalized spacial score (nSPS) is 23.4. The number of hydrogen-bond donors (Lipinski definition) is 1. The third kappa shape index (κ3) is 2.72. The summed E-state index contributed by atoms with van der Waals surface area (Å²) in [7, 11) is 0. The number of rotatable bonds is 3. The summed E-state index contributed by atoms with van der Waals surface area (Å²) >= 11 is 0. The first-order valence-electron chi connectivity index (χ1n) is 6.66. The Morgan fingerprint density at radius 3 is 2.33 bits per heavy atom. The summed E-state index contributed by atoms with van der Waals surface area (Å²) < 4.78 is 0. The fourth-order valence-corrected chi connectivity index (χ4v) is 2.54. The maximum absolute atomic E-state index is 12.3. The molecule has 1 fully saturated rings. The Hall–Kier alpha value is -1.35. The first kappa shape index (κ1) is 13.1. The quantitative estimate of drug-likeness (QED) is 0.884. The highest BCUT2D eigenvalue weighted by molar-refractivity contribution is 5.79. The van der Waals surface area contributed by atoms with Crippen LogP contribution in [0.2, 0.25) is 0 Å². The van der Waals surface area contributed by atoms with Crippen LogP contribution in [0, 0.1) is 11.8 Å². The lowest BCUT2D eigenvalue weighted by molar-refractivity contribution is -0.129. The summed E-state index contributed by atoms with van der Waals surface area (Å²) in [6, 6.07) is 7.94. The molecule has 2 atom stereocenters. The van der Waals surface area contributed by atoms with Crippen LogP contribution in [0.1, 0.15) is 25.0 Å². The van der Waals surface area contributed by atoms with Crippen LogP contribution in [0.5, 0.6) is 0 Å². The van der Waals surface area contributed by atoms with Gasteiger partial charge in [-0.05, 0) is 23.0 Å². The molecule has 1 aliphatic heterocycles. The standard InChI is InChI=1S/C15H22N2O/c1-11-9-17(10-12(11)2)15(18)7-13-5-3-4-6-14(13)8-16/h3-6,11-12H,7-10,16H2,1-2H3. The minimum Gasteiger partial charge on any atom is -0.342 e. The summed E-state index contributed by atoms with van der Waals surface area (Å²) in [5.74, 6) is 1.45. The molecule has 0 spiro atoms. The van der Waals surface area contributed by atoms with Gasteiger partial charge in [-0.15, -0.1) is 0 Å². The van der Waals surface area contributed by atoms with E-state index in [0.717, 1.165) is 24.2 Å². The molecule has 2 unspecified atom stereocenters. The van der Waals surface area contributed by atoms with Crippen LogP contribution < -0.4 is 5.73 Å². The first-order valence-corrected chi connectivity index (χ1v) is 6.66. The van der Waals surface area contributed by atoms with Crippen LogP contribution in [0.3, 0.4) is 0 Å². The highest BCUT2D eigenvalue weighted by atomic mass is 16.2. The van der Waals surface area contributed by atoms with Crippen LogP contribution in [-0.4, -0.2) is 23.9 Å². The number of amides is 1. The van der Waals surface area contributed by atoms with Crippen LogP contribution in [0.25, 0.3) is 0 Å². The SMILES string of the molecule is CC1CN(C(=O)Cc2ccccc2CN)CC1C. The molecule has 1 heterocycles. The van der Waals surface area contributed by atoms with Crippen LogP contribution in [0.4, 0.5) is 0 Å². The molecule has 3 heteroatoms. The molecule has 2 N–H and O–H groups in total. The van der Waals surface area contributed by atoms with Crippen LogP contribution in [0.15, 0.2) is 24.3 Å². The predicted molar refractivity (Wildman–Crippen MR) is 72.9 cm³/mol. The van der Waals surface area contributed by atoms with E-state index < -0.39 is 0 Å². The zero-order chi connectivity index (χ0) is 13.1. The van der Waals surface area contributed by atoms with Gasteiger partial charge < -0.3 is 10.6 Å². The molecule has 1 saturated heterocycles. The summed E-state index contributed by atoms with van der Waals surface area (Å²) in [5, 5.41) is 0. The molecule has 1 aromatic rings.